The molecule has 1 fully saturated rings. The van der Waals surface area contributed by atoms with Crippen molar-refractivity contribution >= 4 is 22.9 Å². The van der Waals surface area contributed by atoms with Crippen LogP contribution in [0.2, 0.25) is 0 Å². The van der Waals surface area contributed by atoms with Gasteiger partial charge < -0.3 is 0 Å². The van der Waals surface area contributed by atoms with E-state index >= 15 is 0 Å². The summed E-state index contributed by atoms with van der Waals surface area (Å²) in [7, 11) is 2.14. The maximum Gasteiger partial charge on any atom is 0.0201 e. The smallest absolute Gasteiger partial charge is 0.0201 e. The Labute approximate surface area is 58.6 Å². The number of halogens is 1. The number of hydrogen-bond acceptors (Lipinski definition) is 1. The van der Waals surface area contributed by atoms with Crippen LogP contribution in [0, 0.1) is 0 Å². The second-order valence-corrected chi connectivity index (χ2v) is 3.63. The molecule has 0 heterocycles. The Kier molecular flexibility index (Phi) is 1.92. The van der Waals surface area contributed by atoms with E-state index in [4.69, 9.17) is 0 Å². The second-order valence-electron chi connectivity index (χ2n) is 2.11. The van der Waals surface area contributed by atoms with Crippen LogP contribution in [0.3, 0.4) is 0 Å². The van der Waals surface area contributed by atoms with Crippen LogP contribution in [0.15, 0.2) is 0 Å². The summed E-state index contributed by atoms with van der Waals surface area (Å²) in [5, 5.41) is 0. The first-order valence-electron chi connectivity index (χ1n) is 2.69. The molecule has 2 heteroatoms. The van der Waals surface area contributed by atoms with Crippen molar-refractivity contribution in [2.24, 2.45) is 0 Å². The quantitative estimate of drug-likeness (QED) is 0.472. The summed E-state index contributed by atoms with van der Waals surface area (Å²) in [5.74, 6) is 0. The van der Waals surface area contributed by atoms with Crippen LogP contribution in [0.5, 0.6) is 0 Å². The van der Waals surface area contributed by atoms with Crippen LogP contribution in [-0.2, 0) is 0 Å². The van der Waals surface area contributed by atoms with E-state index in [0.29, 0.717) is 0 Å². The Bertz CT molecular complexity index is 59.1. The third kappa shape index (κ3) is 1.29. The minimum Gasteiger partial charge on any atom is -0.248 e. The first-order chi connectivity index (χ1) is 3.30. The van der Waals surface area contributed by atoms with Crippen LogP contribution in [-0.4, -0.2) is 16.2 Å². The first kappa shape index (κ1) is 5.82. The van der Waals surface area contributed by atoms with Gasteiger partial charge in [0.1, 0.15) is 0 Å². The van der Waals surface area contributed by atoms with Crippen LogP contribution in [0.4, 0.5) is 0 Å². The van der Waals surface area contributed by atoms with Crippen molar-refractivity contribution < 1.29 is 0 Å². The fourth-order valence-electron chi connectivity index (χ4n) is 0.742. The Morgan fingerprint density at radius 2 is 2.14 bits per heavy atom. The minimum absolute atomic E-state index is 0.903. The summed E-state index contributed by atoms with van der Waals surface area (Å²) in [6.45, 7) is 0. The van der Waals surface area contributed by atoms with Crippen molar-refractivity contribution in [2.45, 2.75) is 25.3 Å². The summed E-state index contributed by atoms with van der Waals surface area (Å²) in [6, 6.07) is 0.903. The van der Waals surface area contributed by atoms with Gasteiger partial charge in [-0.2, -0.15) is 0 Å². The van der Waals surface area contributed by atoms with Crippen LogP contribution in [0.1, 0.15) is 19.3 Å². The molecule has 1 nitrogen and oxygen atoms in total. The Balaban J connectivity index is 2.14. The van der Waals surface area contributed by atoms with Gasteiger partial charge in [0.05, 0.1) is 0 Å². The highest BCUT2D eigenvalue weighted by atomic mass is 127. The van der Waals surface area contributed by atoms with Crippen molar-refractivity contribution in [2.75, 3.05) is 7.05 Å². The molecule has 0 spiro atoms. The van der Waals surface area contributed by atoms with Crippen molar-refractivity contribution in [3.8, 4) is 0 Å². The fourth-order valence-corrected chi connectivity index (χ4v) is 1.30. The lowest BCUT2D eigenvalue weighted by Crippen LogP contribution is -2.29. The third-order valence-electron chi connectivity index (χ3n) is 1.58. The summed E-state index contributed by atoms with van der Waals surface area (Å²) in [6.07, 6.45) is 4.27. The molecule has 0 radical (unpaired) electrons. The van der Waals surface area contributed by atoms with Gasteiger partial charge in [-0.1, -0.05) is 6.42 Å². The van der Waals surface area contributed by atoms with Crippen molar-refractivity contribution in [3.05, 3.63) is 0 Å². The molecule has 0 aromatic carbocycles. The predicted molar refractivity (Wildman–Crippen MR) is 39.4 cm³/mol. The SMILES string of the molecule is CN(I)C1CCC1. The van der Waals surface area contributed by atoms with Gasteiger partial charge in [0.15, 0.2) is 0 Å². The maximum atomic E-state index is 2.35. The van der Waals surface area contributed by atoms with Gasteiger partial charge in [-0.25, -0.2) is 3.11 Å². The highest BCUT2D eigenvalue weighted by Crippen LogP contribution is 2.25. The summed E-state index contributed by atoms with van der Waals surface area (Å²) < 4.78 is 2.28. The monoisotopic (exact) mass is 211 g/mol. The topological polar surface area (TPSA) is 3.24 Å². The molecule has 0 atom stereocenters. The molecule has 1 saturated carbocycles. The lowest BCUT2D eigenvalue weighted by Gasteiger charge is -2.29. The summed E-state index contributed by atoms with van der Waals surface area (Å²) in [4.78, 5) is 0. The third-order valence-corrected chi connectivity index (χ3v) is 2.37. The molecule has 1 aliphatic carbocycles. The molecular formula is C5H10IN. The van der Waals surface area contributed by atoms with Gasteiger partial charge >= 0.3 is 0 Å². The molecule has 0 unspecified atom stereocenters. The molecule has 0 aromatic heterocycles. The average molecular weight is 211 g/mol. The molecular weight excluding hydrogens is 201 g/mol. The highest BCUT2D eigenvalue weighted by molar-refractivity contribution is 14.1. The van der Waals surface area contributed by atoms with E-state index in [1.165, 1.54) is 19.3 Å². The molecule has 42 valence electrons. The summed E-state index contributed by atoms with van der Waals surface area (Å²) in [5.41, 5.74) is 0. The van der Waals surface area contributed by atoms with Crippen molar-refractivity contribution in [1.29, 1.82) is 0 Å². The van der Waals surface area contributed by atoms with Gasteiger partial charge in [-0.05, 0) is 19.9 Å². The molecule has 0 amide bonds. The van der Waals surface area contributed by atoms with E-state index in [1.807, 2.05) is 0 Å². The Hall–Kier alpha value is 0.690. The molecule has 0 aliphatic heterocycles. The van der Waals surface area contributed by atoms with Crippen LogP contribution < -0.4 is 0 Å². The number of rotatable bonds is 1. The average Bonchev–Trinajstić information content (AvgIpc) is 1.23. The van der Waals surface area contributed by atoms with Crippen LogP contribution >= 0.6 is 22.9 Å². The van der Waals surface area contributed by atoms with E-state index in [2.05, 4.69) is 33.0 Å². The zero-order chi connectivity index (χ0) is 5.28. The normalized spacial score (nSPS) is 22.7. The maximum absolute atomic E-state index is 2.35. The molecule has 0 N–H and O–H groups in total. The van der Waals surface area contributed by atoms with Gasteiger partial charge in [0.25, 0.3) is 0 Å². The highest BCUT2D eigenvalue weighted by Gasteiger charge is 2.19. The zero-order valence-electron chi connectivity index (χ0n) is 4.52. The Morgan fingerprint density at radius 3 is 2.14 bits per heavy atom. The van der Waals surface area contributed by atoms with Crippen molar-refractivity contribution in [3.63, 3.8) is 0 Å². The molecule has 7 heavy (non-hydrogen) atoms. The van der Waals surface area contributed by atoms with Gasteiger partial charge in [-0.15, -0.1) is 0 Å². The lowest BCUT2D eigenvalue weighted by molar-refractivity contribution is 0.285. The van der Waals surface area contributed by atoms with E-state index < -0.39 is 0 Å². The Morgan fingerprint density at radius 1 is 1.57 bits per heavy atom. The second kappa shape index (κ2) is 2.31. The first-order valence-corrected chi connectivity index (χ1v) is 3.66. The molecule has 1 rings (SSSR count). The van der Waals surface area contributed by atoms with E-state index in [9.17, 15) is 0 Å². The minimum atomic E-state index is 0.903. The van der Waals surface area contributed by atoms with Gasteiger partial charge in [0.2, 0.25) is 0 Å². The lowest BCUT2D eigenvalue weighted by atomic mass is 9.94. The van der Waals surface area contributed by atoms with E-state index in [-0.39, 0.29) is 0 Å². The van der Waals surface area contributed by atoms with E-state index in [1.54, 1.807) is 0 Å². The van der Waals surface area contributed by atoms with Gasteiger partial charge in [0, 0.05) is 28.9 Å². The standard InChI is InChI=1S/C5H10IN/c1-7(6)5-3-2-4-5/h5H,2-4H2,1H3. The molecule has 1 aliphatic rings. The van der Waals surface area contributed by atoms with E-state index in [0.717, 1.165) is 6.04 Å². The zero-order valence-corrected chi connectivity index (χ0v) is 6.68. The molecule has 0 aromatic rings. The molecule has 0 saturated heterocycles. The van der Waals surface area contributed by atoms with Crippen LogP contribution in [0.25, 0.3) is 0 Å². The fraction of sp³-hybridized carbons (Fsp3) is 1.00. The number of nitrogens with zero attached hydrogens (tertiary/aromatic N) is 1. The van der Waals surface area contributed by atoms with Gasteiger partial charge in [-0.3, -0.25) is 0 Å². The molecule has 0 bridgehead atoms. The summed E-state index contributed by atoms with van der Waals surface area (Å²) >= 11 is 2.35. The predicted octanol–water partition coefficient (Wildman–Crippen LogP) is 1.82. The number of hydrogen-bond donors (Lipinski definition) is 0. The largest absolute Gasteiger partial charge is 0.248 e. The van der Waals surface area contributed by atoms with Crippen molar-refractivity contribution in [1.82, 2.24) is 3.11 Å².